The average molecular weight is 251 g/mol. The van der Waals surface area contributed by atoms with Crippen molar-refractivity contribution in [2.75, 3.05) is 24.3 Å². The molecule has 1 N–H and O–H groups in total. The number of aromatic nitrogens is 1. The number of anilines is 2. The van der Waals surface area contributed by atoms with Crippen LogP contribution >= 0.6 is 0 Å². The summed E-state index contributed by atoms with van der Waals surface area (Å²) in [6.45, 7) is 7.41. The largest absolute Gasteiger partial charge is 0.443 e. The van der Waals surface area contributed by atoms with Gasteiger partial charge in [0.2, 0.25) is 0 Å². The number of rotatable bonds is 2. The summed E-state index contributed by atoms with van der Waals surface area (Å²) >= 11 is 0. The van der Waals surface area contributed by atoms with Crippen LogP contribution in [0.5, 0.6) is 0 Å². The lowest BCUT2D eigenvalue weighted by Crippen LogP contribution is -2.34. The Morgan fingerprint density at radius 1 is 1.39 bits per heavy atom. The standard InChI is InChI=1S/C13H21N3O2/c1-9-7-10(8-11(14-5)15-9)16(6)12(17)18-13(2,3)4/h7-8H,1-6H3,(H,14,15). The fourth-order valence-electron chi connectivity index (χ4n) is 1.41. The second-order valence-corrected chi connectivity index (χ2v) is 5.14. The van der Waals surface area contributed by atoms with E-state index in [1.165, 1.54) is 4.90 Å². The van der Waals surface area contributed by atoms with Crippen LogP contribution in [-0.2, 0) is 4.74 Å². The molecule has 5 nitrogen and oxygen atoms in total. The Kier molecular flexibility index (Phi) is 4.16. The number of pyridine rings is 1. The molecule has 0 aliphatic carbocycles. The zero-order valence-corrected chi connectivity index (χ0v) is 11.9. The number of amides is 1. The molecule has 1 aromatic rings. The van der Waals surface area contributed by atoms with Crippen molar-refractivity contribution >= 4 is 17.6 Å². The molecule has 0 spiro atoms. The fraction of sp³-hybridized carbons (Fsp3) is 0.538. The summed E-state index contributed by atoms with van der Waals surface area (Å²) in [6, 6.07) is 3.64. The van der Waals surface area contributed by atoms with Crippen LogP contribution in [0.2, 0.25) is 0 Å². The van der Waals surface area contributed by atoms with E-state index >= 15 is 0 Å². The summed E-state index contributed by atoms with van der Waals surface area (Å²) in [5, 5.41) is 2.96. The van der Waals surface area contributed by atoms with Crippen LogP contribution in [0, 0.1) is 6.92 Å². The molecular weight excluding hydrogens is 230 g/mol. The van der Waals surface area contributed by atoms with Crippen LogP contribution in [0.1, 0.15) is 26.5 Å². The van der Waals surface area contributed by atoms with Gasteiger partial charge in [-0.1, -0.05) is 0 Å². The first-order valence-electron chi connectivity index (χ1n) is 5.86. The maximum atomic E-state index is 11.9. The molecule has 1 amide bonds. The van der Waals surface area contributed by atoms with Gasteiger partial charge in [0.25, 0.3) is 0 Å². The lowest BCUT2D eigenvalue weighted by Gasteiger charge is -2.25. The van der Waals surface area contributed by atoms with Gasteiger partial charge in [0.05, 0.1) is 5.69 Å². The summed E-state index contributed by atoms with van der Waals surface area (Å²) in [5.41, 5.74) is 1.09. The number of ether oxygens (including phenoxy) is 1. The predicted octanol–water partition coefficient (Wildman–Crippen LogP) is 2.80. The van der Waals surface area contributed by atoms with Gasteiger partial charge in [-0.3, -0.25) is 4.90 Å². The van der Waals surface area contributed by atoms with E-state index in [1.54, 1.807) is 20.2 Å². The third-order valence-electron chi connectivity index (χ3n) is 2.25. The molecule has 0 saturated carbocycles. The number of carbonyl (C=O) groups is 1. The molecule has 0 atom stereocenters. The van der Waals surface area contributed by atoms with Gasteiger partial charge in [0.15, 0.2) is 0 Å². The molecule has 0 bridgehead atoms. The molecule has 0 saturated heterocycles. The fourth-order valence-corrected chi connectivity index (χ4v) is 1.41. The lowest BCUT2D eigenvalue weighted by atomic mass is 10.2. The smallest absolute Gasteiger partial charge is 0.414 e. The van der Waals surface area contributed by atoms with E-state index in [2.05, 4.69) is 10.3 Å². The minimum absolute atomic E-state index is 0.379. The Morgan fingerprint density at radius 3 is 2.50 bits per heavy atom. The molecule has 0 aliphatic rings. The third kappa shape index (κ3) is 3.91. The first-order chi connectivity index (χ1) is 8.23. The van der Waals surface area contributed by atoms with E-state index in [0.717, 1.165) is 17.2 Å². The quantitative estimate of drug-likeness (QED) is 0.878. The van der Waals surface area contributed by atoms with Crippen molar-refractivity contribution in [2.24, 2.45) is 0 Å². The molecule has 1 rings (SSSR count). The molecule has 1 heterocycles. The van der Waals surface area contributed by atoms with Gasteiger partial charge in [-0.05, 0) is 33.8 Å². The van der Waals surface area contributed by atoms with Crippen LogP contribution in [0.15, 0.2) is 12.1 Å². The minimum atomic E-state index is -0.501. The normalized spacial score (nSPS) is 11.0. The van der Waals surface area contributed by atoms with Crippen molar-refractivity contribution in [3.05, 3.63) is 17.8 Å². The van der Waals surface area contributed by atoms with Crippen molar-refractivity contribution in [2.45, 2.75) is 33.3 Å². The van der Waals surface area contributed by atoms with Gasteiger partial charge in [0.1, 0.15) is 11.4 Å². The Morgan fingerprint density at radius 2 is 2.00 bits per heavy atom. The van der Waals surface area contributed by atoms with Crippen LogP contribution in [0.3, 0.4) is 0 Å². The van der Waals surface area contributed by atoms with Crippen molar-refractivity contribution in [1.82, 2.24) is 4.98 Å². The van der Waals surface area contributed by atoms with Gasteiger partial charge < -0.3 is 10.1 Å². The molecule has 0 unspecified atom stereocenters. The summed E-state index contributed by atoms with van der Waals surface area (Å²) in [7, 11) is 3.47. The molecule has 0 fully saturated rings. The Balaban J connectivity index is 2.93. The highest BCUT2D eigenvalue weighted by Crippen LogP contribution is 2.20. The monoisotopic (exact) mass is 251 g/mol. The van der Waals surface area contributed by atoms with Gasteiger partial charge in [-0.25, -0.2) is 9.78 Å². The van der Waals surface area contributed by atoms with Crippen molar-refractivity contribution in [1.29, 1.82) is 0 Å². The number of aryl methyl sites for hydroxylation is 1. The molecule has 100 valence electrons. The highest BCUT2D eigenvalue weighted by atomic mass is 16.6. The third-order valence-corrected chi connectivity index (χ3v) is 2.25. The van der Waals surface area contributed by atoms with E-state index in [4.69, 9.17) is 4.74 Å². The molecule has 0 aromatic carbocycles. The maximum Gasteiger partial charge on any atom is 0.414 e. The summed E-state index contributed by atoms with van der Waals surface area (Å²) < 4.78 is 5.31. The van der Waals surface area contributed by atoms with Crippen LogP contribution in [0.4, 0.5) is 16.3 Å². The van der Waals surface area contributed by atoms with Gasteiger partial charge in [-0.15, -0.1) is 0 Å². The Labute approximate surface area is 108 Å². The van der Waals surface area contributed by atoms with Crippen LogP contribution < -0.4 is 10.2 Å². The highest BCUT2D eigenvalue weighted by Gasteiger charge is 2.21. The summed E-state index contributed by atoms with van der Waals surface area (Å²) in [6.07, 6.45) is -0.379. The second-order valence-electron chi connectivity index (χ2n) is 5.14. The van der Waals surface area contributed by atoms with E-state index < -0.39 is 5.60 Å². The van der Waals surface area contributed by atoms with Gasteiger partial charge >= 0.3 is 6.09 Å². The highest BCUT2D eigenvalue weighted by molar-refractivity contribution is 5.87. The van der Waals surface area contributed by atoms with E-state index in [9.17, 15) is 4.79 Å². The molecule has 0 radical (unpaired) electrons. The Bertz CT molecular complexity index is 438. The van der Waals surface area contributed by atoms with Gasteiger partial charge in [-0.2, -0.15) is 0 Å². The van der Waals surface area contributed by atoms with Crippen LogP contribution in [0.25, 0.3) is 0 Å². The zero-order chi connectivity index (χ0) is 13.9. The minimum Gasteiger partial charge on any atom is -0.443 e. The Hall–Kier alpha value is -1.78. The van der Waals surface area contributed by atoms with Crippen molar-refractivity contribution in [3.63, 3.8) is 0 Å². The van der Waals surface area contributed by atoms with Gasteiger partial charge in [0, 0.05) is 25.9 Å². The van der Waals surface area contributed by atoms with Crippen molar-refractivity contribution < 1.29 is 9.53 Å². The van der Waals surface area contributed by atoms with E-state index in [0.29, 0.717) is 0 Å². The summed E-state index contributed by atoms with van der Waals surface area (Å²) in [5.74, 6) is 0.723. The second kappa shape index (κ2) is 5.25. The number of nitrogens with zero attached hydrogens (tertiary/aromatic N) is 2. The number of carbonyl (C=O) groups excluding carboxylic acids is 1. The maximum absolute atomic E-state index is 11.9. The van der Waals surface area contributed by atoms with E-state index in [1.807, 2.05) is 33.8 Å². The van der Waals surface area contributed by atoms with Crippen molar-refractivity contribution in [3.8, 4) is 0 Å². The molecule has 5 heteroatoms. The lowest BCUT2D eigenvalue weighted by molar-refractivity contribution is 0.0589. The molecule has 1 aromatic heterocycles. The number of hydrogen-bond donors (Lipinski definition) is 1. The molecular formula is C13H21N3O2. The first-order valence-corrected chi connectivity index (χ1v) is 5.86. The van der Waals surface area contributed by atoms with E-state index in [-0.39, 0.29) is 6.09 Å². The number of nitrogens with one attached hydrogen (secondary N) is 1. The number of hydrogen-bond acceptors (Lipinski definition) is 4. The summed E-state index contributed by atoms with van der Waals surface area (Å²) in [4.78, 5) is 17.7. The SMILES string of the molecule is CNc1cc(N(C)C(=O)OC(C)(C)C)cc(C)n1. The predicted molar refractivity (Wildman–Crippen MR) is 73.2 cm³/mol. The topological polar surface area (TPSA) is 54.5 Å². The first kappa shape index (κ1) is 14.3. The zero-order valence-electron chi connectivity index (χ0n) is 11.9. The molecule has 18 heavy (non-hydrogen) atoms. The van der Waals surface area contributed by atoms with Crippen LogP contribution in [-0.4, -0.2) is 30.8 Å². The molecule has 0 aliphatic heterocycles. The average Bonchev–Trinajstić information content (AvgIpc) is 2.24.